The zero-order valence-electron chi connectivity index (χ0n) is 10.1. The smallest absolute Gasteiger partial charge is 0.179 e. The van der Waals surface area contributed by atoms with Crippen molar-refractivity contribution < 1.29 is 0 Å². The van der Waals surface area contributed by atoms with Gasteiger partial charge < -0.3 is 0 Å². The summed E-state index contributed by atoms with van der Waals surface area (Å²) in [5, 5.41) is 8.51. The Morgan fingerprint density at radius 3 is 2.22 bits per heavy atom. The molecule has 0 saturated heterocycles. The Bertz CT molecular complexity index is 529. The summed E-state index contributed by atoms with van der Waals surface area (Å²) in [6, 6.07) is 0. The zero-order valence-corrected chi connectivity index (χ0v) is 10.1. The first kappa shape index (κ1) is 10.9. The van der Waals surface area contributed by atoms with E-state index in [0.717, 1.165) is 12.8 Å². The third-order valence-electron chi connectivity index (χ3n) is 3.27. The van der Waals surface area contributed by atoms with E-state index in [4.69, 9.17) is 0 Å². The van der Waals surface area contributed by atoms with Gasteiger partial charge in [0.15, 0.2) is 5.66 Å². The summed E-state index contributed by atoms with van der Waals surface area (Å²) >= 11 is 0. The number of hydrogen-bond acceptors (Lipinski definition) is 4. The summed E-state index contributed by atoms with van der Waals surface area (Å²) in [5.74, 6) is 0. The van der Waals surface area contributed by atoms with Gasteiger partial charge in [0.2, 0.25) is 0 Å². The molecule has 18 heavy (non-hydrogen) atoms. The fourth-order valence-corrected chi connectivity index (χ4v) is 2.18. The second-order valence-electron chi connectivity index (χ2n) is 4.23. The number of nitrogens with zero attached hydrogens (tertiary/aromatic N) is 6. The molecule has 2 aromatic rings. The van der Waals surface area contributed by atoms with Gasteiger partial charge in [-0.2, -0.15) is 10.2 Å². The predicted octanol–water partition coefficient (Wildman–Crippen LogP) is 1.37. The van der Waals surface area contributed by atoms with Gasteiger partial charge in [0, 0.05) is 6.42 Å². The minimum Gasteiger partial charge on any atom is -0.223 e. The van der Waals surface area contributed by atoms with Crippen LogP contribution in [0, 0.1) is 0 Å². The molecule has 0 radical (unpaired) electrons. The molecule has 0 aromatic carbocycles. The third kappa shape index (κ3) is 1.57. The van der Waals surface area contributed by atoms with Crippen LogP contribution in [0.5, 0.6) is 0 Å². The Morgan fingerprint density at radius 2 is 1.83 bits per heavy atom. The maximum absolute atomic E-state index is 4.26. The lowest BCUT2D eigenvalue weighted by atomic mass is 9.96. The minimum absolute atomic E-state index is 0.467. The monoisotopic (exact) mass is 242 g/mol. The molecule has 2 heterocycles. The zero-order chi connectivity index (χ0) is 12.4. The molecule has 0 bridgehead atoms. The third-order valence-corrected chi connectivity index (χ3v) is 3.27. The molecule has 0 fully saturated rings. The van der Waals surface area contributed by atoms with Gasteiger partial charge in [-0.3, -0.25) is 0 Å². The van der Waals surface area contributed by atoms with Crippen molar-refractivity contribution in [3.63, 3.8) is 0 Å². The molecule has 0 aliphatic heterocycles. The first-order valence-corrected chi connectivity index (χ1v) is 5.93. The Kier molecular flexibility index (Phi) is 2.55. The van der Waals surface area contributed by atoms with Crippen molar-refractivity contribution in [1.29, 1.82) is 0 Å². The van der Waals surface area contributed by atoms with E-state index in [-0.39, 0.29) is 0 Å². The molecule has 0 atom stereocenters. The van der Waals surface area contributed by atoms with Crippen molar-refractivity contribution in [2.75, 3.05) is 0 Å². The van der Waals surface area contributed by atoms with Gasteiger partial charge in [0.25, 0.3) is 0 Å². The van der Waals surface area contributed by atoms with Crippen molar-refractivity contribution in [3.05, 3.63) is 49.1 Å². The first-order valence-electron chi connectivity index (χ1n) is 5.93. The average molecular weight is 242 g/mol. The quantitative estimate of drug-likeness (QED) is 0.815. The van der Waals surface area contributed by atoms with Crippen LogP contribution in [0.15, 0.2) is 49.1 Å². The van der Waals surface area contributed by atoms with Crippen LogP contribution in [-0.2, 0) is 5.66 Å². The molecule has 0 amide bonds. The van der Waals surface area contributed by atoms with Crippen molar-refractivity contribution in [2.45, 2.75) is 25.4 Å². The molecule has 6 heteroatoms. The number of allylic oxidation sites excluding steroid dienone is 4. The lowest BCUT2D eigenvalue weighted by Crippen LogP contribution is -2.41. The lowest BCUT2D eigenvalue weighted by molar-refractivity contribution is 0.247. The summed E-state index contributed by atoms with van der Waals surface area (Å²) in [7, 11) is 0. The molecule has 0 spiro atoms. The highest BCUT2D eigenvalue weighted by molar-refractivity contribution is 5.27. The molecule has 1 aliphatic rings. The highest BCUT2D eigenvalue weighted by Gasteiger charge is 2.34. The summed E-state index contributed by atoms with van der Waals surface area (Å²) in [5.41, 5.74) is 0.858. The van der Waals surface area contributed by atoms with Crippen LogP contribution in [0.25, 0.3) is 0 Å². The topological polar surface area (TPSA) is 61.4 Å². The normalized spacial score (nSPS) is 17.7. The molecule has 6 nitrogen and oxygen atoms in total. The van der Waals surface area contributed by atoms with E-state index in [0.29, 0.717) is 0 Å². The maximum Gasteiger partial charge on any atom is 0.179 e. The van der Waals surface area contributed by atoms with Crippen LogP contribution in [-0.4, -0.2) is 29.5 Å². The molecule has 0 saturated carbocycles. The van der Waals surface area contributed by atoms with Gasteiger partial charge in [-0.15, -0.1) is 0 Å². The molecule has 3 rings (SSSR count). The fourth-order valence-electron chi connectivity index (χ4n) is 2.18. The number of aromatic nitrogens is 6. The molecule has 92 valence electrons. The second kappa shape index (κ2) is 4.21. The molecular weight excluding hydrogens is 228 g/mol. The van der Waals surface area contributed by atoms with E-state index in [1.54, 1.807) is 22.0 Å². The van der Waals surface area contributed by atoms with Gasteiger partial charge in [-0.25, -0.2) is 19.3 Å². The van der Waals surface area contributed by atoms with Crippen LogP contribution >= 0.6 is 0 Å². The van der Waals surface area contributed by atoms with Crippen LogP contribution in [0.4, 0.5) is 0 Å². The van der Waals surface area contributed by atoms with E-state index in [1.807, 2.05) is 0 Å². The van der Waals surface area contributed by atoms with E-state index in [9.17, 15) is 0 Å². The van der Waals surface area contributed by atoms with Crippen molar-refractivity contribution in [3.8, 4) is 0 Å². The highest BCUT2D eigenvalue weighted by atomic mass is 15.5. The van der Waals surface area contributed by atoms with E-state index >= 15 is 0 Å². The van der Waals surface area contributed by atoms with Crippen molar-refractivity contribution in [1.82, 2.24) is 29.5 Å². The van der Waals surface area contributed by atoms with Gasteiger partial charge in [-0.05, 0) is 12.5 Å². The van der Waals surface area contributed by atoms with Gasteiger partial charge >= 0.3 is 0 Å². The second-order valence-corrected chi connectivity index (χ2v) is 4.23. The number of hydrogen-bond donors (Lipinski definition) is 0. The SMILES string of the molecule is CCC1=CCC(n2cncn2)(n2cncn2)C=C1. The molecule has 2 aromatic heterocycles. The maximum atomic E-state index is 4.26. The first-order chi connectivity index (χ1) is 8.85. The Balaban J connectivity index is 2.08. The highest BCUT2D eigenvalue weighted by Crippen LogP contribution is 2.29. The van der Waals surface area contributed by atoms with Crippen molar-refractivity contribution in [2.24, 2.45) is 0 Å². The largest absolute Gasteiger partial charge is 0.223 e. The van der Waals surface area contributed by atoms with E-state index < -0.39 is 5.66 Å². The minimum atomic E-state index is -0.467. The fraction of sp³-hybridized carbons (Fsp3) is 0.333. The van der Waals surface area contributed by atoms with Gasteiger partial charge in [-0.1, -0.05) is 24.6 Å². The molecular formula is C12H14N6. The van der Waals surface area contributed by atoms with E-state index in [1.165, 1.54) is 18.2 Å². The summed E-state index contributed by atoms with van der Waals surface area (Å²) in [6.07, 6.45) is 14.7. The van der Waals surface area contributed by atoms with Crippen LogP contribution in [0.1, 0.15) is 19.8 Å². The van der Waals surface area contributed by atoms with Gasteiger partial charge in [0.1, 0.15) is 25.3 Å². The summed E-state index contributed by atoms with van der Waals surface area (Å²) < 4.78 is 3.61. The standard InChI is InChI=1S/C12H14N6/c1-2-11-3-5-12(6-4-11,17-9-13-7-15-17)18-10-14-8-16-18/h3-5,7-10H,2,6H2,1H3. The molecule has 0 N–H and O–H groups in total. The van der Waals surface area contributed by atoms with Crippen LogP contribution in [0.3, 0.4) is 0 Å². The Morgan fingerprint density at radius 1 is 1.17 bits per heavy atom. The Hall–Kier alpha value is -2.24. The van der Waals surface area contributed by atoms with Gasteiger partial charge in [0.05, 0.1) is 0 Å². The average Bonchev–Trinajstić information content (AvgIpc) is 3.12. The number of rotatable bonds is 3. The van der Waals surface area contributed by atoms with E-state index in [2.05, 4.69) is 45.3 Å². The Labute approximate surface area is 105 Å². The lowest BCUT2D eigenvalue weighted by Gasteiger charge is -2.32. The summed E-state index contributed by atoms with van der Waals surface area (Å²) in [6.45, 7) is 2.15. The predicted molar refractivity (Wildman–Crippen MR) is 65.5 cm³/mol. The molecule has 1 aliphatic carbocycles. The summed E-state index contributed by atoms with van der Waals surface area (Å²) in [4.78, 5) is 8.05. The van der Waals surface area contributed by atoms with Crippen LogP contribution in [0.2, 0.25) is 0 Å². The van der Waals surface area contributed by atoms with Crippen LogP contribution < -0.4 is 0 Å². The van der Waals surface area contributed by atoms with Crippen molar-refractivity contribution >= 4 is 0 Å². The molecule has 0 unspecified atom stereocenters.